The molecule has 0 amide bonds. The predicted octanol–water partition coefficient (Wildman–Crippen LogP) is 2.67. The Kier molecular flexibility index (Phi) is 2.69. The smallest absolute Gasteiger partial charge is 0.341 e. The summed E-state index contributed by atoms with van der Waals surface area (Å²) in [6, 6.07) is 0. The van der Waals surface area contributed by atoms with E-state index >= 15 is 0 Å². The minimum atomic E-state index is -0.332. The first-order valence-electron chi connectivity index (χ1n) is 4.54. The number of hydrogen-bond acceptors (Lipinski definition) is 3. The molecule has 0 fully saturated rings. The van der Waals surface area contributed by atoms with Gasteiger partial charge in [-0.25, -0.2) is 4.79 Å². The van der Waals surface area contributed by atoms with E-state index < -0.39 is 0 Å². The van der Waals surface area contributed by atoms with Crippen molar-refractivity contribution in [3.05, 3.63) is 23.2 Å². The van der Waals surface area contributed by atoms with Crippen molar-refractivity contribution in [2.45, 2.75) is 33.1 Å². The SMILES string of the molecule is COC(=O)c1c(C(C)(C)C)coc1C. The lowest BCUT2D eigenvalue weighted by molar-refractivity contribution is 0.0596. The Morgan fingerprint density at radius 2 is 2.00 bits per heavy atom. The molecule has 1 aromatic rings. The summed E-state index contributed by atoms with van der Waals surface area (Å²) in [5, 5.41) is 0. The minimum absolute atomic E-state index is 0.110. The van der Waals surface area contributed by atoms with Crippen molar-refractivity contribution in [2.75, 3.05) is 7.11 Å². The highest BCUT2D eigenvalue weighted by Crippen LogP contribution is 2.29. The third kappa shape index (κ3) is 1.81. The molecule has 1 aromatic heterocycles. The molecule has 0 radical (unpaired) electrons. The Morgan fingerprint density at radius 3 is 2.43 bits per heavy atom. The molecule has 0 N–H and O–H groups in total. The van der Waals surface area contributed by atoms with Crippen molar-refractivity contribution in [3.63, 3.8) is 0 Å². The van der Waals surface area contributed by atoms with Gasteiger partial charge in [0.2, 0.25) is 0 Å². The number of esters is 1. The van der Waals surface area contributed by atoms with E-state index in [0.717, 1.165) is 5.56 Å². The molecule has 0 aliphatic rings. The van der Waals surface area contributed by atoms with E-state index in [1.807, 2.05) is 20.8 Å². The van der Waals surface area contributed by atoms with E-state index in [0.29, 0.717) is 11.3 Å². The zero-order valence-electron chi connectivity index (χ0n) is 9.30. The molecule has 0 atom stereocenters. The Morgan fingerprint density at radius 1 is 1.43 bits per heavy atom. The highest BCUT2D eigenvalue weighted by atomic mass is 16.5. The van der Waals surface area contributed by atoms with Gasteiger partial charge in [0.1, 0.15) is 11.3 Å². The minimum Gasteiger partial charge on any atom is -0.468 e. The predicted molar refractivity (Wildman–Crippen MR) is 53.5 cm³/mol. The van der Waals surface area contributed by atoms with Crippen molar-refractivity contribution < 1.29 is 13.9 Å². The lowest BCUT2D eigenvalue weighted by atomic mass is 9.86. The molecule has 0 spiro atoms. The second-order valence-electron chi connectivity index (χ2n) is 4.32. The first kappa shape index (κ1) is 10.8. The van der Waals surface area contributed by atoms with Gasteiger partial charge >= 0.3 is 5.97 Å². The third-order valence-electron chi connectivity index (χ3n) is 2.17. The number of aryl methyl sites for hydroxylation is 1. The lowest BCUT2D eigenvalue weighted by Crippen LogP contribution is -2.16. The molecule has 0 bridgehead atoms. The quantitative estimate of drug-likeness (QED) is 0.648. The molecule has 0 aliphatic heterocycles. The lowest BCUT2D eigenvalue weighted by Gasteiger charge is -2.17. The zero-order valence-corrected chi connectivity index (χ0v) is 9.30. The molecular weight excluding hydrogens is 180 g/mol. The van der Waals surface area contributed by atoms with Crippen molar-refractivity contribution in [1.82, 2.24) is 0 Å². The standard InChI is InChI=1S/C11H16O3/c1-7-9(10(12)13-5)8(6-14-7)11(2,3)4/h6H,1-5H3. The van der Waals surface area contributed by atoms with Gasteiger partial charge in [-0.05, 0) is 12.3 Å². The summed E-state index contributed by atoms with van der Waals surface area (Å²) >= 11 is 0. The van der Waals surface area contributed by atoms with Crippen LogP contribution in [0.15, 0.2) is 10.7 Å². The largest absolute Gasteiger partial charge is 0.468 e. The van der Waals surface area contributed by atoms with Gasteiger partial charge in [0.25, 0.3) is 0 Å². The maximum atomic E-state index is 11.5. The van der Waals surface area contributed by atoms with Gasteiger partial charge < -0.3 is 9.15 Å². The molecule has 0 aliphatic carbocycles. The molecule has 0 saturated heterocycles. The second-order valence-corrected chi connectivity index (χ2v) is 4.32. The van der Waals surface area contributed by atoms with Crippen LogP contribution < -0.4 is 0 Å². The van der Waals surface area contributed by atoms with Crippen molar-refractivity contribution in [1.29, 1.82) is 0 Å². The fraction of sp³-hybridized carbons (Fsp3) is 0.545. The van der Waals surface area contributed by atoms with Crippen molar-refractivity contribution in [3.8, 4) is 0 Å². The monoisotopic (exact) mass is 196 g/mol. The summed E-state index contributed by atoms with van der Waals surface area (Å²) in [6.45, 7) is 7.86. The molecule has 1 rings (SSSR count). The summed E-state index contributed by atoms with van der Waals surface area (Å²) in [4.78, 5) is 11.5. The van der Waals surface area contributed by atoms with E-state index in [2.05, 4.69) is 0 Å². The van der Waals surface area contributed by atoms with Crippen LogP contribution in [0.5, 0.6) is 0 Å². The molecule has 3 nitrogen and oxygen atoms in total. The summed E-state index contributed by atoms with van der Waals surface area (Å²) in [5.41, 5.74) is 1.34. The van der Waals surface area contributed by atoms with Crippen LogP contribution in [-0.4, -0.2) is 13.1 Å². The Bertz CT molecular complexity index is 342. The Balaban J connectivity index is 3.26. The van der Waals surface area contributed by atoms with Gasteiger partial charge in [-0.2, -0.15) is 0 Å². The number of methoxy groups -OCH3 is 1. The molecular formula is C11H16O3. The van der Waals surface area contributed by atoms with Crippen LogP contribution in [-0.2, 0) is 10.2 Å². The van der Waals surface area contributed by atoms with Crippen molar-refractivity contribution in [2.24, 2.45) is 0 Å². The van der Waals surface area contributed by atoms with Crippen LogP contribution in [0, 0.1) is 6.92 Å². The van der Waals surface area contributed by atoms with Crippen LogP contribution in [0.4, 0.5) is 0 Å². The topological polar surface area (TPSA) is 39.4 Å². The van der Waals surface area contributed by atoms with Crippen molar-refractivity contribution >= 4 is 5.97 Å². The van der Waals surface area contributed by atoms with E-state index in [9.17, 15) is 4.79 Å². The van der Waals surface area contributed by atoms with E-state index in [4.69, 9.17) is 9.15 Å². The fourth-order valence-corrected chi connectivity index (χ4v) is 1.36. The highest BCUT2D eigenvalue weighted by molar-refractivity contribution is 5.92. The maximum Gasteiger partial charge on any atom is 0.341 e. The summed E-state index contributed by atoms with van der Waals surface area (Å²) in [6.07, 6.45) is 1.63. The number of carbonyl (C=O) groups excluding carboxylic acids is 1. The van der Waals surface area contributed by atoms with Gasteiger partial charge in [0, 0.05) is 5.56 Å². The summed E-state index contributed by atoms with van der Waals surface area (Å²) in [5.74, 6) is 0.281. The number of carbonyl (C=O) groups is 1. The Labute approximate surface area is 84.1 Å². The highest BCUT2D eigenvalue weighted by Gasteiger charge is 2.26. The normalized spacial score (nSPS) is 11.5. The first-order valence-corrected chi connectivity index (χ1v) is 4.54. The van der Waals surface area contributed by atoms with E-state index in [1.54, 1.807) is 13.2 Å². The van der Waals surface area contributed by atoms with E-state index in [1.165, 1.54) is 7.11 Å². The average molecular weight is 196 g/mol. The number of ether oxygens (including phenoxy) is 1. The molecule has 1 heterocycles. The number of furan rings is 1. The third-order valence-corrected chi connectivity index (χ3v) is 2.17. The van der Waals surface area contributed by atoms with Crippen LogP contribution in [0.2, 0.25) is 0 Å². The van der Waals surface area contributed by atoms with Crippen LogP contribution in [0.1, 0.15) is 42.5 Å². The zero-order chi connectivity index (χ0) is 10.9. The van der Waals surface area contributed by atoms with Gasteiger partial charge in [-0.15, -0.1) is 0 Å². The number of hydrogen-bond donors (Lipinski definition) is 0. The molecule has 14 heavy (non-hydrogen) atoms. The second kappa shape index (κ2) is 3.48. The number of rotatable bonds is 1. The van der Waals surface area contributed by atoms with Crippen LogP contribution in [0.3, 0.4) is 0 Å². The van der Waals surface area contributed by atoms with Crippen LogP contribution in [0.25, 0.3) is 0 Å². The van der Waals surface area contributed by atoms with Gasteiger partial charge in [-0.1, -0.05) is 20.8 Å². The van der Waals surface area contributed by atoms with Gasteiger partial charge in [0.15, 0.2) is 0 Å². The van der Waals surface area contributed by atoms with Gasteiger partial charge in [0.05, 0.1) is 13.4 Å². The summed E-state index contributed by atoms with van der Waals surface area (Å²) < 4.78 is 9.96. The molecule has 3 heteroatoms. The molecule has 0 saturated carbocycles. The molecule has 0 unspecified atom stereocenters. The molecule has 78 valence electrons. The van der Waals surface area contributed by atoms with Crippen LogP contribution >= 0.6 is 0 Å². The first-order chi connectivity index (χ1) is 6.38. The maximum absolute atomic E-state index is 11.5. The Hall–Kier alpha value is -1.25. The fourth-order valence-electron chi connectivity index (χ4n) is 1.36. The average Bonchev–Trinajstić information content (AvgIpc) is 2.45. The van der Waals surface area contributed by atoms with Gasteiger partial charge in [-0.3, -0.25) is 0 Å². The van der Waals surface area contributed by atoms with E-state index in [-0.39, 0.29) is 11.4 Å². The summed E-state index contributed by atoms with van der Waals surface area (Å²) in [7, 11) is 1.38. The molecule has 0 aromatic carbocycles.